The predicted molar refractivity (Wildman–Crippen MR) is 83.8 cm³/mol. The maximum absolute atomic E-state index is 11.9. The first-order valence-electron chi connectivity index (χ1n) is 7.79. The summed E-state index contributed by atoms with van der Waals surface area (Å²) in [6, 6.07) is 8.16. The molecule has 0 saturated carbocycles. The molecule has 3 rings (SSSR count). The molecule has 0 aliphatic carbocycles. The summed E-state index contributed by atoms with van der Waals surface area (Å²) in [5, 5.41) is 2.93. The number of imidazole rings is 1. The van der Waals surface area contributed by atoms with Gasteiger partial charge in [-0.15, -0.1) is 0 Å². The molecule has 5 nitrogen and oxygen atoms in total. The molecular weight excluding hydrogens is 278 g/mol. The topological polar surface area (TPSA) is 56.2 Å². The van der Waals surface area contributed by atoms with E-state index < -0.39 is 0 Å². The molecule has 116 valence electrons. The number of hydrogen-bond acceptors (Lipinski definition) is 3. The molecule has 1 unspecified atom stereocenters. The van der Waals surface area contributed by atoms with E-state index in [4.69, 9.17) is 4.74 Å². The predicted octanol–water partition coefficient (Wildman–Crippen LogP) is 2.23. The van der Waals surface area contributed by atoms with Crippen LogP contribution in [0.1, 0.15) is 31.2 Å². The summed E-state index contributed by atoms with van der Waals surface area (Å²) in [6.07, 6.45) is 6.20. The molecule has 1 fully saturated rings. The lowest BCUT2D eigenvalue weighted by molar-refractivity contribution is -0.130. The number of aromatic nitrogens is 2. The van der Waals surface area contributed by atoms with Gasteiger partial charge in [-0.25, -0.2) is 4.98 Å². The van der Waals surface area contributed by atoms with E-state index in [1.807, 2.05) is 36.7 Å². The minimum Gasteiger partial charge on any atom is -0.368 e. The zero-order valence-corrected chi connectivity index (χ0v) is 12.8. The Hall–Kier alpha value is -2.14. The van der Waals surface area contributed by atoms with E-state index in [-0.39, 0.29) is 12.0 Å². The van der Waals surface area contributed by atoms with Gasteiger partial charge in [-0.05, 0) is 30.5 Å². The molecular formula is C17H21N3O2. The summed E-state index contributed by atoms with van der Waals surface area (Å²) < 4.78 is 7.45. The molecule has 22 heavy (non-hydrogen) atoms. The van der Waals surface area contributed by atoms with Gasteiger partial charge in [0.2, 0.25) is 5.91 Å². The van der Waals surface area contributed by atoms with Gasteiger partial charge in [-0.1, -0.05) is 19.1 Å². The monoisotopic (exact) mass is 299 g/mol. The van der Waals surface area contributed by atoms with E-state index >= 15 is 0 Å². The van der Waals surface area contributed by atoms with Gasteiger partial charge in [-0.2, -0.15) is 0 Å². The normalized spacial score (nSPS) is 17.6. The fourth-order valence-corrected chi connectivity index (χ4v) is 2.69. The number of nitrogens with zero attached hydrogens (tertiary/aromatic N) is 2. The summed E-state index contributed by atoms with van der Waals surface area (Å²) in [5.41, 5.74) is 2.16. The standard InChI is InChI=1S/C17H21N3O2/c1-2-16-18-9-10-20(16)14-7-5-13(6-8-14)12-19-17(21)15-4-3-11-22-15/h5-10,15H,2-4,11-12H2,1H3,(H,19,21). The highest BCUT2D eigenvalue weighted by molar-refractivity contribution is 5.80. The first-order chi connectivity index (χ1) is 10.8. The van der Waals surface area contributed by atoms with Crippen molar-refractivity contribution in [1.82, 2.24) is 14.9 Å². The maximum atomic E-state index is 11.9. The molecule has 0 radical (unpaired) electrons. The van der Waals surface area contributed by atoms with Crippen molar-refractivity contribution in [3.8, 4) is 5.69 Å². The van der Waals surface area contributed by atoms with Gasteiger partial charge in [0.05, 0.1) is 0 Å². The Balaban J connectivity index is 1.61. The molecule has 1 aliphatic rings. The van der Waals surface area contributed by atoms with Crippen molar-refractivity contribution < 1.29 is 9.53 Å². The average molecular weight is 299 g/mol. The molecule has 1 aromatic heterocycles. The zero-order chi connectivity index (χ0) is 15.4. The minimum atomic E-state index is -0.266. The number of aryl methyl sites for hydroxylation is 1. The number of benzene rings is 1. The molecule has 1 atom stereocenters. The van der Waals surface area contributed by atoms with E-state index in [1.165, 1.54) is 0 Å². The van der Waals surface area contributed by atoms with Gasteiger partial charge in [0.1, 0.15) is 11.9 Å². The van der Waals surface area contributed by atoms with Crippen LogP contribution >= 0.6 is 0 Å². The lowest BCUT2D eigenvalue weighted by Gasteiger charge is -2.11. The number of rotatable bonds is 5. The number of ether oxygens (including phenoxy) is 1. The Labute approximate surface area is 130 Å². The SMILES string of the molecule is CCc1nccn1-c1ccc(CNC(=O)C2CCCO2)cc1. The van der Waals surface area contributed by atoms with Crippen LogP contribution in [0.4, 0.5) is 0 Å². The number of carbonyl (C=O) groups is 1. The van der Waals surface area contributed by atoms with Crippen LogP contribution in [0, 0.1) is 0 Å². The highest BCUT2D eigenvalue weighted by Crippen LogP contribution is 2.14. The van der Waals surface area contributed by atoms with Crippen molar-refractivity contribution in [1.29, 1.82) is 0 Å². The maximum Gasteiger partial charge on any atom is 0.249 e. The fraction of sp³-hybridized carbons (Fsp3) is 0.412. The van der Waals surface area contributed by atoms with Crippen LogP contribution in [-0.2, 0) is 22.5 Å². The summed E-state index contributed by atoms with van der Waals surface area (Å²) in [4.78, 5) is 16.2. The van der Waals surface area contributed by atoms with Gasteiger partial charge in [0.15, 0.2) is 0 Å². The van der Waals surface area contributed by atoms with Crippen LogP contribution in [0.15, 0.2) is 36.7 Å². The Morgan fingerprint density at radius 3 is 2.91 bits per heavy atom. The van der Waals surface area contributed by atoms with Crippen molar-refractivity contribution in [2.75, 3.05) is 6.61 Å². The van der Waals surface area contributed by atoms with Crippen LogP contribution in [-0.4, -0.2) is 28.2 Å². The Kier molecular flexibility index (Phi) is 4.53. The third kappa shape index (κ3) is 3.20. The molecule has 1 aromatic carbocycles. The Morgan fingerprint density at radius 2 is 2.23 bits per heavy atom. The van der Waals surface area contributed by atoms with E-state index in [1.54, 1.807) is 0 Å². The second kappa shape index (κ2) is 6.75. The minimum absolute atomic E-state index is 0.00976. The number of amides is 1. The zero-order valence-electron chi connectivity index (χ0n) is 12.8. The molecule has 1 aliphatic heterocycles. The average Bonchev–Trinajstić information content (AvgIpc) is 3.24. The molecule has 1 saturated heterocycles. The lowest BCUT2D eigenvalue weighted by atomic mass is 10.2. The van der Waals surface area contributed by atoms with E-state index in [9.17, 15) is 4.79 Å². The quantitative estimate of drug-likeness (QED) is 0.921. The van der Waals surface area contributed by atoms with Gasteiger partial charge in [0.25, 0.3) is 0 Å². The van der Waals surface area contributed by atoms with Gasteiger partial charge < -0.3 is 14.6 Å². The molecule has 2 heterocycles. The fourth-order valence-electron chi connectivity index (χ4n) is 2.69. The van der Waals surface area contributed by atoms with Crippen molar-refractivity contribution in [2.24, 2.45) is 0 Å². The van der Waals surface area contributed by atoms with Crippen molar-refractivity contribution in [3.05, 3.63) is 48.0 Å². The molecule has 0 spiro atoms. The van der Waals surface area contributed by atoms with E-state index in [0.717, 1.165) is 36.3 Å². The first kappa shape index (κ1) is 14.8. The van der Waals surface area contributed by atoms with Crippen LogP contribution in [0.3, 0.4) is 0 Å². The third-order valence-corrected chi connectivity index (χ3v) is 3.94. The van der Waals surface area contributed by atoms with Crippen molar-refractivity contribution in [2.45, 2.75) is 38.8 Å². The van der Waals surface area contributed by atoms with Crippen LogP contribution in [0.2, 0.25) is 0 Å². The van der Waals surface area contributed by atoms with Gasteiger partial charge in [0, 0.05) is 37.7 Å². The second-order valence-electron chi connectivity index (χ2n) is 5.45. The van der Waals surface area contributed by atoms with E-state index in [0.29, 0.717) is 13.2 Å². The Morgan fingerprint density at radius 1 is 1.41 bits per heavy atom. The first-order valence-corrected chi connectivity index (χ1v) is 7.79. The second-order valence-corrected chi connectivity index (χ2v) is 5.45. The van der Waals surface area contributed by atoms with Gasteiger partial charge in [-0.3, -0.25) is 4.79 Å². The molecule has 0 bridgehead atoms. The lowest BCUT2D eigenvalue weighted by Crippen LogP contribution is -2.33. The highest BCUT2D eigenvalue weighted by Gasteiger charge is 2.22. The van der Waals surface area contributed by atoms with Crippen molar-refractivity contribution >= 4 is 5.91 Å². The number of hydrogen-bond donors (Lipinski definition) is 1. The van der Waals surface area contributed by atoms with Crippen LogP contribution in [0.25, 0.3) is 5.69 Å². The molecule has 5 heteroatoms. The van der Waals surface area contributed by atoms with Gasteiger partial charge >= 0.3 is 0 Å². The van der Waals surface area contributed by atoms with Crippen LogP contribution < -0.4 is 5.32 Å². The van der Waals surface area contributed by atoms with Crippen molar-refractivity contribution in [3.63, 3.8) is 0 Å². The molecule has 1 amide bonds. The smallest absolute Gasteiger partial charge is 0.249 e. The highest BCUT2D eigenvalue weighted by atomic mass is 16.5. The Bertz CT molecular complexity index is 628. The summed E-state index contributed by atoms with van der Waals surface area (Å²) in [5.74, 6) is 1.03. The third-order valence-electron chi connectivity index (χ3n) is 3.94. The molecule has 1 N–H and O–H groups in total. The number of nitrogens with one attached hydrogen (secondary N) is 1. The summed E-state index contributed by atoms with van der Waals surface area (Å²) in [7, 11) is 0. The largest absolute Gasteiger partial charge is 0.368 e. The summed E-state index contributed by atoms with van der Waals surface area (Å²) in [6.45, 7) is 3.31. The summed E-state index contributed by atoms with van der Waals surface area (Å²) >= 11 is 0. The molecule has 2 aromatic rings. The van der Waals surface area contributed by atoms with E-state index in [2.05, 4.69) is 21.8 Å². The number of carbonyl (C=O) groups excluding carboxylic acids is 1. The van der Waals surface area contributed by atoms with Crippen LogP contribution in [0.5, 0.6) is 0 Å².